The molecule has 0 saturated carbocycles. The number of carbonyl (C=O) groups excluding carboxylic acids is 2. The number of carbonyl (C=O) groups is 2. The lowest BCUT2D eigenvalue weighted by atomic mass is 9.88. The third-order valence-electron chi connectivity index (χ3n) is 4.02. The highest BCUT2D eigenvalue weighted by Crippen LogP contribution is 2.37. The second kappa shape index (κ2) is 8.93. The molecule has 1 atom stereocenters. The first kappa shape index (κ1) is 22.8. The maximum absolute atomic E-state index is 12.9. The Balaban J connectivity index is 2.00. The SMILES string of the molecule is C=C(CC(=O)OCC(Cl)(Cl)Cl)C(=O)OC1CCCc2cc(C(F)(F)F)ccc21. The van der Waals surface area contributed by atoms with Crippen LogP contribution in [0.2, 0.25) is 0 Å². The Kier molecular flexibility index (Phi) is 7.28. The maximum Gasteiger partial charge on any atom is 0.416 e. The first-order chi connectivity index (χ1) is 12.9. The number of esters is 2. The molecule has 1 unspecified atom stereocenters. The van der Waals surface area contributed by atoms with Crippen molar-refractivity contribution in [2.45, 2.75) is 41.8 Å². The summed E-state index contributed by atoms with van der Waals surface area (Å²) in [6.45, 7) is 2.99. The smallest absolute Gasteiger partial charge is 0.416 e. The number of alkyl halides is 6. The molecule has 0 fully saturated rings. The number of halogens is 6. The third-order valence-corrected chi connectivity index (χ3v) is 4.35. The highest BCUT2D eigenvalue weighted by molar-refractivity contribution is 6.67. The van der Waals surface area contributed by atoms with Crippen LogP contribution < -0.4 is 0 Å². The molecule has 0 heterocycles. The number of fused-ring (bicyclic) bond motifs is 1. The summed E-state index contributed by atoms with van der Waals surface area (Å²) >= 11 is 16.4. The standard InChI is InChI=1S/C18H16Cl3F3O4/c1-10(7-15(25)27-9-17(19,20)21)16(26)28-14-4-2-3-11-8-12(18(22,23)24)5-6-13(11)14/h5-6,8,14H,1-4,7,9H2. The molecule has 0 aromatic heterocycles. The molecule has 0 spiro atoms. The summed E-state index contributed by atoms with van der Waals surface area (Å²) in [5.41, 5.74) is 0.0680. The molecule has 1 aliphatic rings. The monoisotopic (exact) mass is 458 g/mol. The number of hydrogen-bond donors (Lipinski definition) is 0. The average molecular weight is 460 g/mol. The fourth-order valence-corrected chi connectivity index (χ4v) is 2.90. The maximum atomic E-state index is 12.9. The molecule has 0 radical (unpaired) electrons. The van der Waals surface area contributed by atoms with Crippen molar-refractivity contribution in [3.8, 4) is 0 Å². The number of rotatable bonds is 5. The summed E-state index contributed by atoms with van der Waals surface area (Å²) in [4.78, 5) is 23.8. The van der Waals surface area contributed by atoms with Gasteiger partial charge in [-0.2, -0.15) is 13.2 Å². The normalized spacial score (nSPS) is 16.9. The third kappa shape index (κ3) is 6.57. The molecule has 0 saturated heterocycles. The lowest BCUT2D eigenvalue weighted by molar-refractivity contribution is -0.149. The van der Waals surface area contributed by atoms with E-state index < -0.39 is 46.6 Å². The van der Waals surface area contributed by atoms with Gasteiger partial charge in [-0.25, -0.2) is 4.79 Å². The van der Waals surface area contributed by atoms with Gasteiger partial charge >= 0.3 is 18.1 Å². The van der Waals surface area contributed by atoms with Crippen molar-refractivity contribution in [2.75, 3.05) is 6.61 Å². The number of ether oxygens (including phenoxy) is 2. The Hall–Kier alpha value is -1.44. The van der Waals surface area contributed by atoms with Crippen LogP contribution in [0.3, 0.4) is 0 Å². The van der Waals surface area contributed by atoms with Crippen molar-refractivity contribution in [1.82, 2.24) is 0 Å². The van der Waals surface area contributed by atoms with Crippen LogP contribution in [0.5, 0.6) is 0 Å². The molecule has 0 amide bonds. The zero-order chi connectivity index (χ0) is 21.1. The molecule has 0 N–H and O–H groups in total. The summed E-state index contributed by atoms with van der Waals surface area (Å²) < 4.78 is 46.9. The second-order valence-corrected chi connectivity index (χ2v) is 8.77. The van der Waals surface area contributed by atoms with Gasteiger partial charge in [-0.05, 0) is 42.5 Å². The topological polar surface area (TPSA) is 52.6 Å². The average Bonchev–Trinajstić information content (AvgIpc) is 2.58. The second-order valence-electron chi connectivity index (χ2n) is 6.25. The fraction of sp³-hybridized carbons (Fsp3) is 0.444. The van der Waals surface area contributed by atoms with E-state index in [1.807, 2.05) is 0 Å². The molecule has 0 bridgehead atoms. The molecule has 28 heavy (non-hydrogen) atoms. The van der Waals surface area contributed by atoms with Crippen molar-refractivity contribution in [3.63, 3.8) is 0 Å². The van der Waals surface area contributed by atoms with Gasteiger partial charge in [0.05, 0.1) is 12.0 Å². The van der Waals surface area contributed by atoms with Crippen LogP contribution in [0.1, 0.15) is 42.1 Å². The molecule has 1 aromatic carbocycles. The Morgan fingerprint density at radius 1 is 1.21 bits per heavy atom. The van der Waals surface area contributed by atoms with E-state index in [2.05, 4.69) is 6.58 Å². The van der Waals surface area contributed by atoms with E-state index in [1.54, 1.807) is 0 Å². The Bertz CT molecular complexity index is 772. The van der Waals surface area contributed by atoms with Gasteiger partial charge in [0.25, 0.3) is 0 Å². The number of hydrogen-bond acceptors (Lipinski definition) is 4. The molecule has 0 aliphatic heterocycles. The zero-order valence-electron chi connectivity index (χ0n) is 14.5. The zero-order valence-corrected chi connectivity index (χ0v) is 16.7. The van der Waals surface area contributed by atoms with Crippen LogP contribution >= 0.6 is 34.8 Å². The minimum atomic E-state index is -4.44. The van der Waals surface area contributed by atoms with Crippen molar-refractivity contribution >= 4 is 46.7 Å². The highest BCUT2D eigenvalue weighted by atomic mass is 35.6. The van der Waals surface area contributed by atoms with Crippen LogP contribution in [0.15, 0.2) is 30.4 Å². The molecule has 154 valence electrons. The van der Waals surface area contributed by atoms with Gasteiger partial charge in [-0.15, -0.1) is 0 Å². The quantitative estimate of drug-likeness (QED) is 0.332. The molecule has 1 aliphatic carbocycles. The highest BCUT2D eigenvalue weighted by Gasteiger charge is 2.33. The predicted molar refractivity (Wildman–Crippen MR) is 98.2 cm³/mol. The first-order valence-corrected chi connectivity index (χ1v) is 9.31. The summed E-state index contributed by atoms with van der Waals surface area (Å²) in [6, 6.07) is 3.33. The van der Waals surface area contributed by atoms with Crippen LogP contribution in [0.25, 0.3) is 0 Å². The van der Waals surface area contributed by atoms with Gasteiger partial charge in [0, 0.05) is 5.57 Å². The summed E-state index contributed by atoms with van der Waals surface area (Å²) in [7, 11) is 0. The fourth-order valence-electron chi connectivity index (χ4n) is 2.74. The number of aryl methyl sites for hydroxylation is 1. The molecule has 2 rings (SSSR count). The van der Waals surface area contributed by atoms with E-state index >= 15 is 0 Å². The summed E-state index contributed by atoms with van der Waals surface area (Å²) in [5.74, 6) is -1.67. The van der Waals surface area contributed by atoms with Gasteiger partial charge in [-0.1, -0.05) is 47.4 Å². The Morgan fingerprint density at radius 2 is 1.89 bits per heavy atom. The molecule has 4 nitrogen and oxygen atoms in total. The van der Waals surface area contributed by atoms with Crippen molar-refractivity contribution in [1.29, 1.82) is 0 Å². The van der Waals surface area contributed by atoms with Gasteiger partial charge in [0.15, 0.2) is 0 Å². The van der Waals surface area contributed by atoms with Crippen LogP contribution in [-0.2, 0) is 31.7 Å². The van der Waals surface area contributed by atoms with Crippen molar-refractivity contribution < 1.29 is 32.2 Å². The van der Waals surface area contributed by atoms with Crippen LogP contribution in [0, 0.1) is 0 Å². The Morgan fingerprint density at radius 3 is 2.50 bits per heavy atom. The van der Waals surface area contributed by atoms with Crippen LogP contribution in [-0.4, -0.2) is 22.3 Å². The van der Waals surface area contributed by atoms with Gasteiger partial charge < -0.3 is 9.47 Å². The summed E-state index contributed by atoms with van der Waals surface area (Å²) in [6.07, 6.45) is -4.16. The van der Waals surface area contributed by atoms with E-state index in [4.69, 9.17) is 44.3 Å². The van der Waals surface area contributed by atoms with Crippen LogP contribution in [0.4, 0.5) is 13.2 Å². The lowest BCUT2D eigenvalue weighted by Gasteiger charge is -2.26. The van der Waals surface area contributed by atoms with E-state index in [0.29, 0.717) is 30.4 Å². The van der Waals surface area contributed by atoms with E-state index in [-0.39, 0.29) is 5.57 Å². The van der Waals surface area contributed by atoms with E-state index in [0.717, 1.165) is 12.1 Å². The first-order valence-electron chi connectivity index (χ1n) is 8.18. The van der Waals surface area contributed by atoms with Gasteiger partial charge in [-0.3, -0.25) is 4.79 Å². The minimum Gasteiger partial charge on any atom is -0.461 e. The molecular formula is C18H16Cl3F3O4. The van der Waals surface area contributed by atoms with Gasteiger partial charge in [0.1, 0.15) is 12.7 Å². The van der Waals surface area contributed by atoms with Crippen molar-refractivity contribution in [2.24, 2.45) is 0 Å². The Labute approximate surface area is 174 Å². The molecule has 1 aromatic rings. The van der Waals surface area contributed by atoms with Crippen molar-refractivity contribution in [3.05, 3.63) is 47.0 Å². The van der Waals surface area contributed by atoms with E-state index in [1.165, 1.54) is 6.07 Å². The molecular weight excluding hydrogens is 444 g/mol. The molecule has 10 heteroatoms. The number of benzene rings is 1. The minimum absolute atomic E-state index is 0.173. The lowest BCUT2D eigenvalue weighted by Crippen LogP contribution is -2.21. The van der Waals surface area contributed by atoms with Gasteiger partial charge in [0.2, 0.25) is 3.79 Å². The predicted octanol–water partition coefficient (Wildman–Crippen LogP) is 5.49. The van der Waals surface area contributed by atoms with E-state index in [9.17, 15) is 22.8 Å². The summed E-state index contributed by atoms with van der Waals surface area (Å²) in [5, 5.41) is 0. The largest absolute Gasteiger partial charge is 0.461 e.